The van der Waals surface area contributed by atoms with Crippen LogP contribution in [-0.2, 0) is 7.05 Å². The average Bonchev–Trinajstić information content (AvgIpc) is 3.21. The molecule has 0 aromatic carbocycles. The minimum Gasteiger partial charge on any atom is -0.338 e. The van der Waals surface area contributed by atoms with E-state index in [1.165, 1.54) is 49.7 Å². The van der Waals surface area contributed by atoms with Gasteiger partial charge in [-0.05, 0) is 57.0 Å². The van der Waals surface area contributed by atoms with Crippen molar-refractivity contribution in [3.05, 3.63) is 17.5 Å². The van der Waals surface area contributed by atoms with Gasteiger partial charge in [0.1, 0.15) is 5.69 Å². The van der Waals surface area contributed by atoms with Gasteiger partial charge in [-0.1, -0.05) is 0 Å². The Morgan fingerprint density at radius 1 is 1.20 bits per heavy atom. The molecule has 0 radical (unpaired) electrons. The molecule has 2 saturated heterocycles. The molecule has 3 fully saturated rings. The number of amides is 1. The van der Waals surface area contributed by atoms with Crippen LogP contribution in [0.15, 0.2) is 6.20 Å². The smallest absolute Gasteiger partial charge is 0.282 e. The van der Waals surface area contributed by atoms with Crippen molar-refractivity contribution in [2.45, 2.75) is 51.0 Å². The van der Waals surface area contributed by atoms with E-state index in [1.54, 1.807) is 11.9 Å². The van der Waals surface area contributed by atoms with Crippen molar-refractivity contribution in [2.24, 2.45) is 12.5 Å². The number of hydrogen-bond acceptors (Lipinski definition) is 3. The van der Waals surface area contributed by atoms with Gasteiger partial charge in [0.2, 0.25) is 0 Å². The minimum absolute atomic E-state index is 0.0528. The number of nitrogens with zero attached hydrogens (tertiary/aromatic N) is 4. The fourth-order valence-electron chi connectivity index (χ4n) is 4.90. The molecular formula is C18H26F2N4O. The van der Waals surface area contributed by atoms with Gasteiger partial charge in [-0.25, -0.2) is 8.78 Å². The van der Waals surface area contributed by atoms with Crippen molar-refractivity contribution < 1.29 is 13.6 Å². The van der Waals surface area contributed by atoms with Gasteiger partial charge in [0.15, 0.2) is 0 Å². The fraction of sp³-hybridized carbons (Fsp3) is 0.778. The maximum atomic E-state index is 13.1. The molecule has 25 heavy (non-hydrogen) atoms. The highest BCUT2D eigenvalue weighted by atomic mass is 19.3. The molecule has 3 aliphatic rings. The number of rotatable bonds is 3. The Bertz CT molecular complexity index is 638. The van der Waals surface area contributed by atoms with E-state index in [2.05, 4.69) is 10.00 Å². The highest BCUT2D eigenvalue weighted by Crippen LogP contribution is 2.51. The average molecular weight is 352 g/mol. The van der Waals surface area contributed by atoms with E-state index >= 15 is 0 Å². The number of hydrogen-bond donors (Lipinski definition) is 0. The lowest BCUT2D eigenvalue weighted by Gasteiger charge is -2.54. The molecule has 1 amide bonds. The number of alkyl halides is 2. The summed E-state index contributed by atoms with van der Waals surface area (Å²) in [4.78, 5) is 17.0. The molecule has 1 spiro atoms. The number of piperidine rings is 1. The normalized spacial score (nSPS) is 24.2. The lowest BCUT2D eigenvalue weighted by atomic mass is 9.60. The molecule has 5 nitrogen and oxygen atoms in total. The second-order valence-corrected chi connectivity index (χ2v) is 8.00. The van der Waals surface area contributed by atoms with Crippen LogP contribution in [0, 0.1) is 5.41 Å². The fourth-order valence-corrected chi connectivity index (χ4v) is 4.90. The second-order valence-electron chi connectivity index (χ2n) is 8.00. The van der Waals surface area contributed by atoms with Crippen LogP contribution in [0.5, 0.6) is 0 Å². The summed E-state index contributed by atoms with van der Waals surface area (Å²) in [5.41, 5.74) is 0.0346. The predicted molar refractivity (Wildman–Crippen MR) is 89.6 cm³/mol. The molecule has 0 unspecified atom stereocenters. The first-order valence-corrected chi connectivity index (χ1v) is 9.32. The van der Waals surface area contributed by atoms with Crippen LogP contribution in [0.1, 0.15) is 61.0 Å². The molecule has 2 aliphatic heterocycles. The van der Waals surface area contributed by atoms with Crippen molar-refractivity contribution in [3.63, 3.8) is 0 Å². The zero-order chi connectivity index (χ0) is 17.6. The molecule has 0 N–H and O–H groups in total. The molecule has 0 bridgehead atoms. The Balaban J connectivity index is 1.35. The molecule has 7 heteroatoms. The highest BCUT2D eigenvalue weighted by molar-refractivity contribution is 5.95. The molecule has 0 atom stereocenters. The van der Waals surface area contributed by atoms with Crippen molar-refractivity contribution in [1.29, 1.82) is 0 Å². The van der Waals surface area contributed by atoms with Gasteiger partial charge in [-0.3, -0.25) is 9.48 Å². The Hall–Kier alpha value is -1.50. The molecule has 3 heterocycles. The van der Waals surface area contributed by atoms with E-state index in [4.69, 9.17) is 0 Å². The summed E-state index contributed by atoms with van der Waals surface area (Å²) in [7, 11) is 1.57. The highest BCUT2D eigenvalue weighted by Gasteiger charge is 2.48. The summed E-state index contributed by atoms with van der Waals surface area (Å²) in [5.74, 6) is -0.298. The van der Waals surface area contributed by atoms with Crippen LogP contribution in [0.4, 0.5) is 8.78 Å². The monoisotopic (exact) mass is 352 g/mol. The SMILES string of the molecule is Cn1cc(C(=O)N2CCC3(CC2)CC(N2CCCC2)C3)c(C(F)F)n1. The van der Waals surface area contributed by atoms with Crippen molar-refractivity contribution in [2.75, 3.05) is 26.2 Å². The molecular weight excluding hydrogens is 326 g/mol. The van der Waals surface area contributed by atoms with Gasteiger partial charge in [0.05, 0.1) is 5.56 Å². The van der Waals surface area contributed by atoms with Crippen LogP contribution in [0.2, 0.25) is 0 Å². The van der Waals surface area contributed by atoms with Crippen LogP contribution in [0.25, 0.3) is 0 Å². The Morgan fingerprint density at radius 2 is 1.84 bits per heavy atom. The first-order chi connectivity index (χ1) is 12.0. The number of likely N-dealkylation sites (tertiary alicyclic amines) is 2. The molecule has 1 aliphatic carbocycles. The zero-order valence-electron chi connectivity index (χ0n) is 14.8. The molecule has 1 aromatic rings. The van der Waals surface area contributed by atoms with Crippen LogP contribution < -0.4 is 0 Å². The van der Waals surface area contributed by atoms with E-state index in [0.717, 1.165) is 18.9 Å². The Labute approximate surface area is 147 Å². The van der Waals surface area contributed by atoms with E-state index < -0.39 is 12.1 Å². The Morgan fingerprint density at radius 3 is 2.44 bits per heavy atom. The number of aryl methyl sites for hydroxylation is 1. The van der Waals surface area contributed by atoms with Crippen molar-refractivity contribution in [1.82, 2.24) is 19.6 Å². The summed E-state index contributed by atoms with van der Waals surface area (Å²) < 4.78 is 27.5. The van der Waals surface area contributed by atoms with Gasteiger partial charge in [0, 0.05) is 32.4 Å². The Kier molecular flexibility index (Phi) is 4.30. The molecule has 138 valence electrons. The summed E-state index contributed by atoms with van der Waals surface area (Å²) in [6, 6.07) is 0.730. The quantitative estimate of drug-likeness (QED) is 0.840. The summed E-state index contributed by atoms with van der Waals surface area (Å²) in [6.07, 6.45) is 5.81. The van der Waals surface area contributed by atoms with Crippen LogP contribution in [-0.4, -0.2) is 57.7 Å². The maximum absolute atomic E-state index is 13.1. The number of aromatic nitrogens is 2. The lowest BCUT2D eigenvalue weighted by Crippen LogP contribution is -2.55. The summed E-state index contributed by atoms with van der Waals surface area (Å²) in [6.45, 7) is 3.82. The zero-order valence-corrected chi connectivity index (χ0v) is 14.8. The topological polar surface area (TPSA) is 41.4 Å². The van der Waals surface area contributed by atoms with Crippen molar-refractivity contribution in [3.8, 4) is 0 Å². The molecule has 1 saturated carbocycles. The first kappa shape index (κ1) is 16.9. The number of carbonyl (C=O) groups excluding carboxylic acids is 1. The summed E-state index contributed by atoms with van der Waals surface area (Å²) in [5, 5.41) is 3.75. The van der Waals surface area contributed by atoms with Gasteiger partial charge in [-0.2, -0.15) is 5.10 Å². The molecule has 1 aromatic heterocycles. The summed E-state index contributed by atoms with van der Waals surface area (Å²) >= 11 is 0. The van der Waals surface area contributed by atoms with Gasteiger partial charge >= 0.3 is 0 Å². The van der Waals surface area contributed by atoms with E-state index in [-0.39, 0.29) is 11.5 Å². The lowest BCUT2D eigenvalue weighted by molar-refractivity contribution is -0.0312. The van der Waals surface area contributed by atoms with E-state index in [0.29, 0.717) is 18.5 Å². The van der Waals surface area contributed by atoms with Crippen LogP contribution >= 0.6 is 0 Å². The van der Waals surface area contributed by atoms with E-state index in [9.17, 15) is 13.6 Å². The molecule has 4 rings (SSSR count). The first-order valence-electron chi connectivity index (χ1n) is 9.32. The number of carbonyl (C=O) groups is 1. The number of halogens is 2. The third kappa shape index (κ3) is 3.07. The van der Waals surface area contributed by atoms with Crippen molar-refractivity contribution >= 4 is 5.91 Å². The maximum Gasteiger partial charge on any atom is 0.282 e. The third-order valence-electron chi connectivity index (χ3n) is 6.40. The largest absolute Gasteiger partial charge is 0.338 e. The van der Waals surface area contributed by atoms with Gasteiger partial charge in [0.25, 0.3) is 12.3 Å². The van der Waals surface area contributed by atoms with E-state index in [1.807, 2.05) is 0 Å². The minimum atomic E-state index is -2.72. The predicted octanol–water partition coefficient (Wildman–Crippen LogP) is 2.84. The second kappa shape index (κ2) is 6.34. The third-order valence-corrected chi connectivity index (χ3v) is 6.40. The van der Waals surface area contributed by atoms with Gasteiger partial charge in [-0.15, -0.1) is 0 Å². The van der Waals surface area contributed by atoms with Gasteiger partial charge < -0.3 is 9.80 Å². The van der Waals surface area contributed by atoms with Crippen LogP contribution in [0.3, 0.4) is 0 Å². The standard InChI is InChI=1S/C18H26F2N4O/c1-22-12-14(15(21-22)16(19)20)17(25)24-8-4-18(5-9-24)10-13(11-18)23-6-2-3-7-23/h12-13,16H,2-11H2,1H3.